The minimum Gasteiger partial charge on any atom is -0.489 e. The van der Waals surface area contributed by atoms with E-state index in [0.29, 0.717) is 24.5 Å². The molecule has 0 atom stereocenters. The average molecular weight is 313 g/mol. The van der Waals surface area contributed by atoms with E-state index in [2.05, 4.69) is 5.32 Å². The standard InChI is InChI=1S/C18H19NO4/c1-2-19-17(20)13-23-18(21)15-9-6-10-16(11-15)22-12-14-7-4-3-5-8-14/h3-11H,2,12-13H2,1H3,(H,19,20). The van der Waals surface area contributed by atoms with E-state index >= 15 is 0 Å². The Morgan fingerprint density at radius 1 is 1.04 bits per heavy atom. The molecule has 1 amide bonds. The molecule has 0 heterocycles. The van der Waals surface area contributed by atoms with Crippen LogP contribution in [-0.4, -0.2) is 25.0 Å². The van der Waals surface area contributed by atoms with Crippen LogP contribution in [0.2, 0.25) is 0 Å². The molecule has 0 fully saturated rings. The molecule has 0 unspecified atom stereocenters. The molecule has 2 aromatic carbocycles. The van der Waals surface area contributed by atoms with Gasteiger partial charge in [0.05, 0.1) is 5.56 Å². The van der Waals surface area contributed by atoms with E-state index in [1.165, 1.54) is 0 Å². The number of benzene rings is 2. The second-order valence-electron chi connectivity index (χ2n) is 4.83. The van der Waals surface area contributed by atoms with Crippen LogP contribution in [0.15, 0.2) is 54.6 Å². The second kappa shape index (κ2) is 8.58. The number of carbonyl (C=O) groups is 2. The van der Waals surface area contributed by atoms with E-state index in [4.69, 9.17) is 9.47 Å². The molecule has 2 rings (SSSR count). The summed E-state index contributed by atoms with van der Waals surface area (Å²) in [5, 5.41) is 2.56. The fourth-order valence-electron chi connectivity index (χ4n) is 1.92. The third kappa shape index (κ3) is 5.47. The van der Waals surface area contributed by atoms with Gasteiger partial charge in [-0.05, 0) is 30.7 Å². The molecular formula is C18H19NO4. The lowest BCUT2D eigenvalue weighted by molar-refractivity contribution is -0.124. The smallest absolute Gasteiger partial charge is 0.338 e. The summed E-state index contributed by atoms with van der Waals surface area (Å²) in [7, 11) is 0. The molecule has 5 nitrogen and oxygen atoms in total. The van der Waals surface area contributed by atoms with Gasteiger partial charge in [0.25, 0.3) is 5.91 Å². The summed E-state index contributed by atoms with van der Waals surface area (Å²) in [6.45, 7) is 2.42. The Morgan fingerprint density at radius 2 is 1.83 bits per heavy atom. The highest BCUT2D eigenvalue weighted by molar-refractivity contribution is 5.91. The summed E-state index contributed by atoms with van der Waals surface area (Å²) >= 11 is 0. The first-order valence-electron chi connectivity index (χ1n) is 7.39. The largest absolute Gasteiger partial charge is 0.489 e. The predicted octanol–water partition coefficient (Wildman–Crippen LogP) is 2.56. The summed E-state index contributed by atoms with van der Waals surface area (Å²) in [5.74, 6) is -0.306. The van der Waals surface area contributed by atoms with Gasteiger partial charge < -0.3 is 14.8 Å². The summed E-state index contributed by atoms with van der Waals surface area (Å²) < 4.78 is 10.6. The maximum atomic E-state index is 11.9. The van der Waals surface area contributed by atoms with Crippen LogP contribution in [0.25, 0.3) is 0 Å². The lowest BCUT2D eigenvalue weighted by Gasteiger charge is -2.08. The van der Waals surface area contributed by atoms with Crippen LogP contribution < -0.4 is 10.1 Å². The van der Waals surface area contributed by atoms with Crippen LogP contribution in [0.3, 0.4) is 0 Å². The van der Waals surface area contributed by atoms with Crippen LogP contribution in [0, 0.1) is 0 Å². The monoisotopic (exact) mass is 313 g/mol. The third-order valence-corrected chi connectivity index (χ3v) is 3.03. The third-order valence-electron chi connectivity index (χ3n) is 3.03. The van der Waals surface area contributed by atoms with Crippen molar-refractivity contribution in [3.8, 4) is 5.75 Å². The SMILES string of the molecule is CCNC(=O)COC(=O)c1cccc(OCc2ccccc2)c1. The second-order valence-corrected chi connectivity index (χ2v) is 4.83. The Balaban J connectivity index is 1.91. The fourth-order valence-corrected chi connectivity index (χ4v) is 1.92. The maximum Gasteiger partial charge on any atom is 0.338 e. The van der Waals surface area contributed by atoms with E-state index < -0.39 is 5.97 Å². The number of amides is 1. The van der Waals surface area contributed by atoms with Gasteiger partial charge in [-0.25, -0.2) is 4.79 Å². The van der Waals surface area contributed by atoms with Crippen molar-refractivity contribution in [1.29, 1.82) is 0 Å². The first-order chi connectivity index (χ1) is 11.2. The number of esters is 1. The summed E-state index contributed by atoms with van der Waals surface area (Å²) in [5.41, 5.74) is 1.39. The van der Waals surface area contributed by atoms with E-state index in [-0.39, 0.29) is 12.5 Å². The minimum atomic E-state index is -0.554. The van der Waals surface area contributed by atoms with Crippen molar-refractivity contribution in [3.63, 3.8) is 0 Å². The number of hydrogen-bond acceptors (Lipinski definition) is 4. The molecule has 0 aliphatic heterocycles. The average Bonchev–Trinajstić information content (AvgIpc) is 2.59. The van der Waals surface area contributed by atoms with Crippen molar-refractivity contribution in [2.45, 2.75) is 13.5 Å². The van der Waals surface area contributed by atoms with Gasteiger partial charge >= 0.3 is 5.97 Å². The van der Waals surface area contributed by atoms with Crippen molar-refractivity contribution < 1.29 is 19.1 Å². The number of hydrogen-bond donors (Lipinski definition) is 1. The van der Waals surface area contributed by atoms with Crippen molar-refractivity contribution in [3.05, 3.63) is 65.7 Å². The number of nitrogens with one attached hydrogen (secondary N) is 1. The van der Waals surface area contributed by atoms with Crippen molar-refractivity contribution in [2.24, 2.45) is 0 Å². The highest BCUT2D eigenvalue weighted by Crippen LogP contribution is 2.16. The molecule has 0 aliphatic rings. The Hall–Kier alpha value is -2.82. The molecule has 0 saturated carbocycles. The van der Waals surface area contributed by atoms with E-state index in [1.807, 2.05) is 30.3 Å². The quantitative estimate of drug-likeness (QED) is 0.798. The van der Waals surface area contributed by atoms with E-state index in [1.54, 1.807) is 31.2 Å². The lowest BCUT2D eigenvalue weighted by atomic mass is 10.2. The summed E-state index contributed by atoms with van der Waals surface area (Å²) in [4.78, 5) is 23.2. The van der Waals surface area contributed by atoms with Crippen molar-refractivity contribution in [1.82, 2.24) is 5.32 Å². The van der Waals surface area contributed by atoms with Gasteiger partial charge in [-0.2, -0.15) is 0 Å². The highest BCUT2D eigenvalue weighted by Gasteiger charge is 2.10. The molecule has 23 heavy (non-hydrogen) atoms. The van der Waals surface area contributed by atoms with Crippen LogP contribution in [-0.2, 0) is 16.1 Å². The Morgan fingerprint density at radius 3 is 2.57 bits per heavy atom. The fraction of sp³-hybridized carbons (Fsp3) is 0.222. The topological polar surface area (TPSA) is 64.6 Å². The van der Waals surface area contributed by atoms with Gasteiger partial charge in [-0.15, -0.1) is 0 Å². The highest BCUT2D eigenvalue weighted by atomic mass is 16.5. The molecule has 0 spiro atoms. The number of likely N-dealkylation sites (N-methyl/N-ethyl adjacent to an activating group) is 1. The van der Waals surface area contributed by atoms with Crippen molar-refractivity contribution >= 4 is 11.9 Å². The van der Waals surface area contributed by atoms with Crippen molar-refractivity contribution in [2.75, 3.05) is 13.2 Å². The zero-order chi connectivity index (χ0) is 16.5. The lowest BCUT2D eigenvalue weighted by Crippen LogP contribution is -2.28. The van der Waals surface area contributed by atoms with Crippen LogP contribution in [0.1, 0.15) is 22.8 Å². The van der Waals surface area contributed by atoms with Gasteiger partial charge in [0.2, 0.25) is 0 Å². The van der Waals surface area contributed by atoms with Gasteiger partial charge in [-0.1, -0.05) is 36.4 Å². The molecule has 0 bridgehead atoms. The Kier molecular flexibility index (Phi) is 6.17. The predicted molar refractivity (Wildman–Crippen MR) is 86.2 cm³/mol. The van der Waals surface area contributed by atoms with E-state index in [0.717, 1.165) is 5.56 Å². The molecule has 120 valence electrons. The van der Waals surface area contributed by atoms with E-state index in [9.17, 15) is 9.59 Å². The van der Waals surface area contributed by atoms with Gasteiger partial charge in [0, 0.05) is 6.54 Å². The molecule has 5 heteroatoms. The molecular weight excluding hydrogens is 294 g/mol. The van der Waals surface area contributed by atoms with Crippen LogP contribution >= 0.6 is 0 Å². The maximum absolute atomic E-state index is 11.9. The summed E-state index contributed by atoms with van der Waals surface area (Å²) in [6.07, 6.45) is 0. The molecule has 0 aromatic heterocycles. The summed E-state index contributed by atoms with van der Waals surface area (Å²) in [6, 6.07) is 16.4. The number of carbonyl (C=O) groups excluding carboxylic acids is 2. The van der Waals surface area contributed by atoms with Gasteiger partial charge in [0.15, 0.2) is 6.61 Å². The zero-order valence-electron chi connectivity index (χ0n) is 13.0. The van der Waals surface area contributed by atoms with Crippen LogP contribution in [0.4, 0.5) is 0 Å². The molecule has 0 radical (unpaired) electrons. The minimum absolute atomic E-state index is 0.290. The Labute approximate surface area is 135 Å². The molecule has 0 saturated heterocycles. The van der Waals surface area contributed by atoms with Gasteiger partial charge in [0.1, 0.15) is 12.4 Å². The first-order valence-corrected chi connectivity index (χ1v) is 7.39. The first kappa shape index (κ1) is 16.5. The number of rotatable bonds is 7. The zero-order valence-corrected chi connectivity index (χ0v) is 13.0. The molecule has 1 N–H and O–H groups in total. The molecule has 2 aromatic rings. The van der Waals surface area contributed by atoms with Gasteiger partial charge in [-0.3, -0.25) is 4.79 Å². The number of ether oxygens (including phenoxy) is 2. The molecule has 0 aliphatic carbocycles. The van der Waals surface area contributed by atoms with Crippen LogP contribution in [0.5, 0.6) is 5.75 Å². The Bertz CT molecular complexity index is 655. The normalized spacial score (nSPS) is 9.96.